The van der Waals surface area contributed by atoms with E-state index in [0.29, 0.717) is 91.2 Å². The van der Waals surface area contributed by atoms with Crippen LogP contribution in [0.2, 0.25) is 0 Å². The summed E-state index contributed by atoms with van der Waals surface area (Å²) in [5.41, 5.74) is 18.0. The van der Waals surface area contributed by atoms with Crippen molar-refractivity contribution in [3.8, 4) is 6.07 Å². The maximum absolute atomic E-state index is 14.6. The summed E-state index contributed by atoms with van der Waals surface area (Å²) in [5, 5.41) is 8.57. The van der Waals surface area contributed by atoms with Gasteiger partial charge in [0.25, 0.3) is 0 Å². The molecule has 0 unspecified atom stereocenters. The van der Waals surface area contributed by atoms with Gasteiger partial charge < -0.3 is 64.1 Å². The third-order valence-corrected chi connectivity index (χ3v) is 18.0. The first-order chi connectivity index (χ1) is 43.6. The number of ether oxygens (including phenoxy) is 2. The normalized spacial score (nSPS) is 19.2. The number of methoxy groups -OCH3 is 1. The number of rotatable bonds is 9. The minimum absolute atomic E-state index is 0.0324. The number of likely N-dealkylation sites (N-methyl/N-ethyl adjacent to an activating group) is 2. The smallest absolute Gasteiger partial charge is 0.504 e. The number of fused-ring (bicyclic) bond motifs is 1. The third-order valence-electron chi connectivity index (χ3n) is 17.5. The topological polar surface area (TPSA) is 207 Å². The summed E-state index contributed by atoms with van der Waals surface area (Å²) in [6, 6.07) is 17.8. The average molecular weight is 1330 g/mol. The van der Waals surface area contributed by atoms with E-state index in [-0.39, 0.29) is 23.3 Å². The molecule has 7 aliphatic heterocycles. The minimum atomic E-state index is -0.529. The molecule has 0 amide bonds. The van der Waals surface area contributed by atoms with Crippen LogP contribution in [0.5, 0.6) is 0 Å². The van der Waals surface area contributed by atoms with Crippen molar-refractivity contribution in [2.24, 2.45) is 15.7 Å². The fraction of sp³-hybridized carbons (Fsp3) is 0.530. The number of aliphatic imine (C=N–C) groups is 2. The number of hydrogen-bond acceptors (Lipinski definition) is 18. The molecular weight excluding hydrogens is 1240 g/mol. The van der Waals surface area contributed by atoms with Crippen LogP contribution in [0.4, 0.5) is 36.1 Å². The molecule has 0 bridgehead atoms. The van der Waals surface area contributed by atoms with Gasteiger partial charge in [0.05, 0.1) is 95.4 Å². The van der Waals surface area contributed by atoms with Gasteiger partial charge in [0.1, 0.15) is 48.8 Å². The van der Waals surface area contributed by atoms with Gasteiger partial charge in [-0.2, -0.15) is 15.0 Å². The number of allylic oxidation sites excluding steroid dienone is 2. The molecule has 8 heterocycles. The maximum atomic E-state index is 14.6. The van der Waals surface area contributed by atoms with Crippen molar-refractivity contribution in [2.45, 2.75) is 124 Å². The second kappa shape index (κ2) is 33.2. The van der Waals surface area contributed by atoms with E-state index < -0.39 is 36.6 Å². The number of nitrogens with two attached hydrogens (primary N) is 2. The Morgan fingerprint density at radius 3 is 1.43 bits per heavy atom. The van der Waals surface area contributed by atoms with Gasteiger partial charge in [-0.1, -0.05) is 48.8 Å². The maximum Gasteiger partial charge on any atom is 0.557 e. The summed E-state index contributed by atoms with van der Waals surface area (Å²) >= 11 is 3.26. The molecule has 7 aliphatic rings. The van der Waals surface area contributed by atoms with E-state index in [4.69, 9.17) is 58.0 Å². The Morgan fingerprint density at radius 2 is 1.07 bits per heavy atom. The summed E-state index contributed by atoms with van der Waals surface area (Å²) in [4.78, 5) is 33.2. The number of benzene rings is 3. The second-order valence-corrected chi connectivity index (χ2v) is 25.6. The van der Waals surface area contributed by atoms with Crippen LogP contribution < -0.4 is 37.1 Å². The molecule has 0 atom stereocenters. The number of nitrogens with zero attached hydrogens (tertiary/aromatic N) is 12. The highest BCUT2D eigenvalue weighted by Crippen LogP contribution is 2.38. The van der Waals surface area contributed by atoms with E-state index in [2.05, 4.69) is 86.2 Å². The molecular formula is C66H90B2BrF3N14O6. The monoisotopic (exact) mass is 1330 g/mol. The molecule has 5 saturated heterocycles. The van der Waals surface area contributed by atoms with Crippen molar-refractivity contribution < 1.29 is 41.3 Å². The number of anilines is 4. The van der Waals surface area contributed by atoms with Gasteiger partial charge in [0, 0.05) is 87.7 Å². The zero-order valence-electron chi connectivity index (χ0n) is 55.9. The number of halogens is 4. The Kier molecular flexibility index (Phi) is 26.7. The van der Waals surface area contributed by atoms with Crippen LogP contribution in [0.1, 0.15) is 107 Å². The fourth-order valence-electron chi connectivity index (χ4n) is 10.3. The standard InChI is InChI=1S/C17H26BFN2O2.C16H23BFNO3.C11H14BrFN2.C8H10N4.C7H9N3.C7H8N2O/c1-16(2)17(3,4)23-18(22-16)13-6-7-15(14(19)12-13)21-10-8-20(5)9-11-21;1-15(2)16(3,4)22-17(21-15)12-5-6-14(13(18)11-12)19-7-9-20-10-8-19;1-14-4-6-15(7-5-14)11-3-2-9(12)8-10(11)13;1-2-5-7-6(3-10-5)11-4-12-8(7)9;1-2-7-5(3-8)6(9)4-10-7;1-5-6(10-4)7(8-2)9-3/h6-7,12H,8-11H2,1-5H3;5-6,11H,7-10H2,1-4H3;2-3,8H,4-7H2,1H3;4H,2-3H2,1H3,(H2,9,11,12);2,4,9H2,1H3;5H2,1,4H3. The van der Waals surface area contributed by atoms with Crippen LogP contribution in [0, 0.1) is 41.9 Å². The van der Waals surface area contributed by atoms with Crippen molar-refractivity contribution in [1.29, 1.82) is 5.26 Å². The van der Waals surface area contributed by atoms with Crippen LogP contribution in [0.15, 0.2) is 98.2 Å². The molecule has 3 aromatic carbocycles. The molecule has 20 nitrogen and oxygen atoms in total. The number of morpholine rings is 1. The van der Waals surface area contributed by atoms with E-state index in [9.17, 15) is 13.2 Å². The van der Waals surface area contributed by atoms with Gasteiger partial charge in [-0.15, -0.1) is 0 Å². The summed E-state index contributed by atoms with van der Waals surface area (Å²) in [5.74, 6) is 0.456. The SMILES string of the molecule is CC1(C)OB(c2ccc(N3CCOCC3)c(F)c2)OC1(C)C.CCC1=NCC(N)=C1C#N.CCC1=NCc2ncnc(N)c21.CN1CCN(c2ccc(B3OC(C)(C)C(C)(C)O3)cc2F)CC1.CN1CCN(c2ccc(Br)cc2F)CC1.[C-]#[N+]C([N+]#[C-])=C(CC)OC. The van der Waals surface area contributed by atoms with E-state index in [1.54, 1.807) is 12.1 Å². The number of aromatic nitrogens is 2. The molecule has 11 rings (SSSR count). The Hall–Kier alpha value is -7.05. The summed E-state index contributed by atoms with van der Waals surface area (Å²) in [6.45, 7) is 46.2. The van der Waals surface area contributed by atoms with Crippen LogP contribution in [0.25, 0.3) is 9.69 Å². The lowest BCUT2D eigenvalue weighted by Crippen LogP contribution is -2.45. The van der Waals surface area contributed by atoms with Gasteiger partial charge in [-0.05, 0) is 136 Å². The van der Waals surface area contributed by atoms with Crippen molar-refractivity contribution >= 4 is 75.4 Å². The Morgan fingerprint density at radius 1 is 0.641 bits per heavy atom. The highest BCUT2D eigenvalue weighted by atomic mass is 79.9. The van der Waals surface area contributed by atoms with Crippen molar-refractivity contribution in [3.05, 3.63) is 140 Å². The average Bonchev–Trinajstić information content (AvgIpc) is 1.63. The number of nitrogen functional groups attached to an aromatic ring is 1. The summed E-state index contributed by atoms with van der Waals surface area (Å²) < 4.78 is 77.6. The molecule has 1 aromatic heterocycles. The zero-order valence-corrected chi connectivity index (χ0v) is 57.5. The van der Waals surface area contributed by atoms with E-state index in [0.717, 1.165) is 97.8 Å². The molecule has 0 radical (unpaired) electrons. The zero-order chi connectivity index (χ0) is 67.7. The molecule has 0 saturated carbocycles. The molecule has 4 aromatic rings. The largest absolute Gasteiger partial charge is 0.557 e. The lowest BCUT2D eigenvalue weighted by molar-refractivity contribution is 0.00578. The Bertz CT molecular complexity index is 3380. The van der Waals surface area contributed by atoms with Gasteiger partial charge in [0.2, 0.25) is 0 Å². The van der Waals surface area contributed by atoms with Gasteiger partial charge in [-0.3, -0.25) is 9.98 Å². The summed E-state index contributed by atoms with van der Waals surface area (Å²) in [7, 11) is 4.61. The Balaban J connectivity index is 0.000000181. The fourth-order valence-corrected chi connectivity index (χ4v) is 10.7. The predicted molar refractivity (Wildman–Crippen MR) is 365 cm³/mol. The lowest BCUT2D eigenvalue weighted by atomic mass is 9.79. The molecule has 494 valence electrons. The first-order valence-corrected chi connectivity index (χ1v) is 31.9. The van der Waals surface area contributed by atoms with Crippen LogP contribution >= 0.6 is 15.9 Å². The Labute approximate surface area is 551 Å². The van der Waals surface area contributed by atoms with E-state index >= 15 is 0 Å². The molecule has 92 heavy (non-hydrogen) atoms. The predicted octanol–water partition coefficient (Wildman–Crippen LogP) is 9.59. The number of hydrogen-bond donors (Lipinski definition) is 2. The van der Waals surface area contributed by atoms with Gasteiger partial charge in [-0.25, -0.2) is 23.1 Å². The number of piperazine rings is 2. The van der Waals surface area contributed by atoms with Crippen molar-refractivity contribution in [3.63, 3.8) is 0 Å². The van der Waals surface area contributed by atoms with Crippen LogP contribution in [0.3, 0.4) is 0 Å². The van der Waals surface area contributed by atoms with Gasteiger partial charge in [0.15, 0.2) is 5.76 Å². The highest BCUT2D eigenvalue weighted by Gasteiger charge is 2.53. The van der Waals surface area contributed by atoms with E-state index in [1.165, 1.54) is 25.6 Å². The van der Waals surface area contributed by atoms with Crippen LogP contribution in [-0.4, -0.2) is 174 Å². The van der Waals surface area contributed by atoms with Crippen molar-refractivity contribution in [1.82, 2.24) is 19.8 Å². The van der Waals surface area contributed by atoms with Crippen molar-refractivity contribution in [2.75, 3.05) is 127 Å². The summed E-state index contributed by atoms with van der Waals surface area (Å²) in [6.07, 6.45) is 3.77. The van der Waals surface area contributed by atoms with Gasteiger partial charge >= 0.3 is 20.1 Å². The minimum Gasteiger partial charge on any atom is -0.504 e. The first-order valence-electron chi connectivity index (χ1n) is 31.1. The van der Waals surface area contributed by atoms with Crippen LogP contribution in [-0.2, 0) is 34.6 Å². The second-order valence-electron chi connectivity index (χ2n) is 24.7. The molecule has 0 aliphatic carbocycles. The third kappa shape index (κ3) is 18.8. The number of nitriles is 1. The molecule has 0 spiro atoms. The molecule has 4 N–H and O–H groups in total. The lowest BCUT2D eigenvalue weighted by Gasteiger charge is -2.34. The molecule has 5 fully saturated rings. The highest BCUT2D eigenvalue weighted by molar-refractivity contribution is 9.10. The van der Waals surface area contributed by atoms with E-state index in [1.807, 2.05) is 111 Å². The molecule has 26 heteroatoms. The quantitative estimate of drug-likeness (QED) is 0.0909. The first kappa shape index (κ1) is 74.0.